The number of nitrogens with zero attached hydrogens (tertiary/aromatic N) is 2. The summed E-state index contributed by atoms with van der Waals surface area (Å²) in [6, 6.07) is 3.48. The monoisotopic (exact) mass is 498 g/mol. The molecule has 0 bridgehead atoms. The average Bonchev–Trinajstić information content (AvgIpc) is 2.64. The lowest BCUT2D eigenvalue weighted by atomic mass is 10.0. The number of benzene rings is 1. The Morgan fingerprint density at radius 2 is 1.93 bits per heavy atom. The van der Waals surface area contributed by atoms with Crippen molar-refractivity contribution in [2.75, 3.05) is 53.0 Å². The smallest absolute Gasteiger partial charge is 0.191 e. The van der Waals surface area contributed by atoms with Crippen molar-refractivity contribution in [2.45, 2.75) is 19.4 Å². The number of halogens is 3. The summed E-state index contributed by atoms with van der Waals surface area (Å²) in [5.74, 6) is -0.844. The van der Waals surface area contributed by atoms with Gasteiger partial charge in [-0.1, -0.05) is 0 Å². The van der Waals surface area contributed by atoms with Crippen LogP contribution in [0.1, 0.15) is 13.8 Å². The second-order valence-electron chi connectivity index (χ2n) is 6.69. The van der Waals surface area contributed by atoms with E-state index in [2.05, 4.69) is 34.4 Å². The van der Waals surface area contributed by atoms with Crippen molar-refractivity contribution in [1.29, 1.82) is 0 Å². The molecule has 2 rings (SSSR count). The van der Waals surface area contributed by atoms with Crippen LogP contribution in [0, 0.1) is 11.6 Å². The maximum Gasteiger partial charge on any atom is 0.191 e. The molecular weight excluding hydrogens is 469 g/mol. The highest BCUT2D eigenvalue weighted by Crippen LogP contribution is 2.16. The summed E-state index contributed by atoms with van der Waals surface area (Å²) in [5.41, 5.74) is -0.0243. The van der Waals surface area contributed by atoms with Crippen LogP contribution in [-0.4, -0.2) is 69.4 Å². The van der Waals surface area contributed by atoms with Gasteiger partial charge in [0.2, 0.25) is 0 Å². The lowest BCUT2D eigenvalue weighted by Crippen LogP contribution is -2.56. The van der Waals surface area contributed by atoms with Gasteiger partial charge in [-0.2, -0.15) is 0 Å². The predicted molar refractivity (Wildman–Crippen MR) is 113 cm³/mol. The Kier molecular flexibility index (Phi) is 10.2. The minimum absolute atomic E-state index is 0. The van der Waals surface area contributed by atoms with Crippen LogP contribution in [0.4, 0.5) is 8.78 Å². The van der Waals surface area contributed by atoms with Gasteiger partial charge in [-0.05, 0) is 26.0 Å². The molecule has 9 heteroatoms. The Hall–Kier alpha value is -1.20. The molecule has 1 heterocycles. The fourth-order valence-corrected chi connectivity index (χ4v) is 2.71. The van der Waals surface area contributed by atoms with Gasteiger partial charge in [0.1, 0.15) is 12.4 Å². The van der Waals surface area contributed by atoms with Crippen molar-refractivity contribution in [3.05, 3.63) is 29.8 Å². The van der Waals surface area contributed by atoms with Crippen LogP contribution in [0.5, 0.6) is 5.75 Å². The zero-order chi connectivity index (χ0) is 19.0. The van der Waals surface area contributed by atoms with Crippen LogP contribution in [0.25, 0.3) is 0 Å². The van der Waals surface area contributed by atoms with Crippen molar-refractivity contribution in [3.8, 4) is 5.75 Å². The van der Waals surface area contributed by atoms with Crippen LogP contribution in [0.15, 0.2) is 23.2 Å². The molecule has 1 aliphatic heterocycles. The number of morpholine rings is 1. The highest BCUT2D eigenvalue weighted by Gasteiger charge is 2.28. The van der Waals surface area contributed by atoms with Crippen LogP contribution < -0.4 is 15.4 Å². The summed E-state index contributed by atoms with van der Waals surface area (Å²) >= 11 is 0. The van der Waals surface area contributed by atoms with Gasteiger partial charge in [-0.3, -0.25) is 9.89 Å². The Morgan fingerprint density at radius 3 is 2.56 bits per heavy atom. The third-order valence-electron chi connectivity index (χ3n) is 4.33. The van der Waals surface area contributed by atoms with E-state index >= 15 is 0 Å². The fraction of sp³-hybridized carbons (Fsp3) is 0.611. The lowest BCUT2D eigenvalue weighted by Gasteiger charge is -2.41. The molecule has 0 radical (unpaired) electrons. The molecule has 1 fully saturated rings. The zero-order valence-corrected chi connectivity index (χ0v) is 18.4. The van der Waals surface area contributed by atoms with E-state index in [9.17, 15) is 8.78 Å². The molecule has 2 N–H and O–H groups in total. The molecule has 0 aromatic heterocycles. The fourth-order valence-electron chi connectivity index (χ4n) is 2.71. The largest absolute Gasteiger partial charge is 0.492 e. The molecule has 1 aromatic carbocycles. The van der Waals surface area contributed by atoms with E-state index in [4.69, 9.17) is 9.47 Å². The summed E-state index contributed by atoms with van der Waals surface area (Å²) in [5, 5.41) is 6.46. The number of aliphatic imine (C=N–C) groups is 1. The molecule has 0 amide bonds. The van der Waals surface area contributed by atoms with Gasteiger partial charge in [0.15, 0.2) is 17.6 Å². The number of rotatable bonds is 7. The predicted octanol–water partition coefficient (Wildman–Crippen LogP) is 2.24. The zero-order valence-electron chi connectivity index (χ0n) is 16.1. The summed E-state index contributed by atoms with van der Waals surface area (Å²) < 4.78 is 36.8. The summed E-state index contributed by atoms with van der Waals surface area (Å²) in [7, 11) is 1.70. The first kappa shape index (κ1) is 23.8. The first-order chi connectivity index (χ1) is 12.4. The van der Waals surface area contributed by atoms with Crippen molar-refractivity contribution in [1.82, 2.24) is 15.5 Å². The van der Waals surface area contributed by atoms with Gasteiger partial charge in [0.05, 0.1) is 19.8 Å². The van der Waals surface area contributed by atoms with E-state index in [1.807, 2.05) is 0 Å². The SMILES string of the molecule is CN=C(NCCOc1ccc(F)c(F)c1)NCC(C)(C)N1CCOCC1.I. The number of nitrogens with one attached hydrogen (secondary N) is 2. The Morgan fingerprint density at radius 1 is 1.22 bits per heavy atom. The molecule has 0 saturated carbocycles. The maximum absolute atomic E-state index is 13.1. The van der Waals surface area contributed by atoms with Gasteiger partial charge < -0.3 is 20.1 Å². The number of hydrogen-bond acceptors (Lipinski definition) is 4. The molecule has 0 aliphatic carbocycles. The van der Waals surface area contributed by atoms with Crippen molar-refractivity contribution in [3.63, 3.8) is 0 Å². The Labute approximate surface area is 176 Å². The third-order valence-corrected chi connectivity index (χ3v) is 4.33. The van der Waals surface area contributed by atoms with Gasteiger partial charge in [0.25, 0.3) is 0 Å². The normalized spacial score (nSPS) is 15.8. The van der Waals surface area contributed by atoms with E-state index in [1.54, 1.807) is 7.05 Å². The first-order valence-corrected chi connectivity index (χ1v) is 8.77. The maximum atomic E-state index is 13.1. The first-order valence-electron chi connectivity index (χ1n) is 8.77. The molecule has 1 aliphatic rings. The van der Waals surface area contributed by atoms with Crippen LogP contribution in [0.3, 0.4) is 0 Å². The highest BCUT2D eigenvalue weighted by atomic mass is 127. The van der Waals surface area contributed by atoms with E-state index in [1.165, 1.54) is 6.07 Å². The van der Waals surface area contributed by atoms with Crippen LogP contribution >= 0.6 is 24.0 Å². The van der Waals surface area contributed by atoms with Crippen molar-refractivity contribution >= 4 is 29.9 Å². The van der Waals surface area contributed by atoms with Crippen molar-refractivity contribution < 1.29 is 18.3 Å². The molecule has 0 spiro atoms. The van der Waals surface area contributed by atoms with Crippen LogP contribution in [0.2, 0.25) is 0 Å². The van der Waals surface area contributed by atoms with E-state index in [-0.39, 0.29) is 29.5 Å². The van der Waals surface area contributed by atoms with Crippen LogP contribution in [-0.2, 0) is 4.74 Å². The highest BCUT2D eigenvalue weighted by molar-refractivity contribution is 14.0. The second kappa shape index (κ2) is 11.6. The van der Waals surface area contributed by atoms with Crippen molar-refractivity contribution in [2.24, 2.45) is 4.99 Å². The molecule has 154 valence electrons. The second-order valence-corrected chi connectivity index (χ2v) is 6.69. The van der Waals surface area contributed by atoms with Gasteiger partial charge >= 0.3 is 0 Å². The third kappa shape index (κ3) is 7.74. The number of guanidine groups is 1. The summed E-state index contributed by atoms with van der Waals surface area (Å²) in [6.07, 6.45) is 0. The van der Waals surface area contributed by atoms with Gasteiger partial charge in [0, 0.05) is 38.3 Å². The molecule has 0 atom stereocenters. The minimum Gasteiger partial charge on any atom is -0.492 e. The minimum atomic E-state index is -0.918. The summed E-state index contributed by atoms with van der Waals surface area (Å²) in [6.45, 7) is 9.25. The molecule has 27 heavy (non-hydrogen) atoms. The molecule has 1 saturated heterocycles. The Bertz CT molecular complexity index is 611. The average molecular weight is 498 g/mol. The number of hydrogen-bond donors (Lipinski definition) is 2. The van der Waals surface area contributed by atoms with Gasteiger partial charge in [-0.25, -0.2) is 8.78 Å². The van der Waals surface area contributed by atoms with E-state index in [0.29, 0.717) is 24.9 Å². The Balaban J connectivity index is 0.00000364. The summed E-state index contributed by atoms with van der Waals surface area (Å²) in [4.78, 5) is 6.58. The topological polar surface area (TPSA) is 58.1 Å². The van der Waals surface area contributed by atoms with E-state index < -0.39 is 11.6 Å². The molecule has 0 unspecified atom stereocenters. The lowest BCUT2D eigenvalue weighted by molar-refractivity contribution is -0.00834. The quantitative estimate of drug-likeness (QED) is 0.262. The van der Waals surface area contributed by atoms with E-state index in [0.717, 1.165) is 45.0 Å². The standard InChI is InChI=1S/C18H28F2N4O2.HI/c1-18(2,24-7-10-25-11-8-24)13-23-17(21-3)22-6-9-26-14-4-5-15(19)16(20)12-14;/h4-5,12H,6-11,13H2,1-3H3,(H2,21,22,23);1H. The molecule has 1 aromatic rings. The number of ether oxygens (including phenoxy) is 2. The molecular formula is C18H29F2IN4O2. The van der Waals surface area contributed by atoms with Gasteiger partial charge in [-0.15, -0.1) is 24.0 Å². The molecule has 6 nitrogen and oxygen atoms in total.